The lowest BCUT2D eigenvalue weighted by Crippen LogP contribution is -2.43. The van der Waals surface area contributed by atoms with Crippen LogP contribution < -0.4 is 5.73 Å². The largest absolute Gasteiger partial charge is 0.445 e. The van der Waals surface area contributed by atoms with E-state index in [1.54, 1.807) is 0 Å². The Kier molecular flexibility index (Phi) is 12.7. The summed E-state index contributed by atoms with van der Waals surface area (Å²) in [7, 11) is 0. The minimum Gasteiger partial charge on any atom is -0.445 e. The van der Waals surface area contributed by atoms with E-state index >= 15 is 0 Å². The van der Waals surface area contributed by atoms with Crippen molar-refractivity contribution in [2.75, 3.05) is 26.2 Å². The van der Waals surface area contributed by atoms with Crippen LogP contribution in [-0.4, -0.2) is 84.8 Å². The lowest BCUT2D eigenvalue weighted by atomic mass is 10.0. The van der Waals surface area contributed by atoms with Gasteiger partial charge in [-0.3, -0.25) is 14.5 Å². The molecule has 61 heavy (non-hydrogen) atoms. The van der Waals surface area contributed by atoms with Crippen molar-refractivity contribution in [1.29, 1.82) is 0 Å². The molecule has 4 heterocycles. The molecule has 12 heteroatoms. The Balaban J connectivity index is 0.907. The highest BCUT2D eigenvalue weighted by atomic mass is 16.6. The van der Waals surface area contributed by atoms with Gasteiger partial charge in [-0.2, -0.15) is 0 Å². The average molecular weight is 819 g/mol. The van der Waals surface area contributed by atoms with Crippen LogP contribution in [0, 0.1) is 0 Å². The Hall–Kier alpha value is -6.53. The van der Waals surface area contributed by atoms with Gasteiger partial charge in [0.2, 0.25) is 11.8 Å². The summed E-state index contributed by atoms with van der Waals surface area (Å²) in [5.74, 6) is 1.59. The number of rotatable bonds is 15. The number of carbonyl (C=O) groups is 3. The number of nitrogens with two attached hydrogens (primary N) is 1. The van der Waals surface area contributed by atoms with Crippen molar-refractivity contribution in [2.45, 2.75) is 76.6 Å². The molecule has 0 unspecified atom stereocenters. The summed E-state index contributed by atoms with van der Waals surface area (Å²) >= 11 is 0. The molecule has 8 rings (SSSR count). The molecule has 2 aliphatic heterocycles. The van der Waals surface area contributed by atoms with E-state index < -0.39 is 12.2 Å². The van der Waals surface area contributed by atoms with Gasteiger partial charge in [0.15, 0.2) is 0 Å². The molecule has 0 radical (unpaired) electrons. The molecular weight excluding hydrogens is 765 g/mol. The van der Waals surface area contributed by atoms with Gasteiger partial charge in [-0.05, 0) is 72.2 Å². The van der Waals surface area contributed by atoms with Gasteiger partial charge >= 0.3 is 6.09 Å². The predicted octanol–water partition coefficient (Wildman–Crippen LogP) is 8.64. The molecule has 2 aromatic heterocycles. The zero-order valence-corrected chi connectivity index (χ0v) is 34.9. The first-order valence-corrected chi connectivity index (χ1v) is 21.5. The second-order valence-electron chi connectivity index (χ2n) is 15.9. The summed E-state index contributed by atoms with van der Waals surface area (Å²) in [5, 5.41) is 0. The number of primary amides is 1. The van der Waals surface area contributed by atoms with Crippen LogP contribution in [0.5, 0.6) is 0 Å². The molecule has 4 N–H and O–H groups in total. The first kappa shape index (κ1) is 41.2. The fraction of sp³-hybridized carbons (Fsp3) is 0.327. The summed E-state index contributed by atoms with van der Waals surface area (Å²) < 4.78 is 5.36. The maximum Gasteiger partial charge on any atom is 0.404 e. The van der Waals surface area contributed by atoms with Crippen LogP contribution in [0.15, 0.2) is 122 Å². The summed E-state index contributed by atoms with van der Waals surface area (Å²) in [5.41, 5.74) is 13.3. The molecule has 4 aromatic carbocycles. The van der Waals surface area contributed by atoms with Gasteiger partial charge in [0.05, 0.1) is 42.3 Å². The third-order valence-corrected chi connectivity index (χ3v) is 12.2. The van der Waals surface area contributed by atoms with E-state index in [1.165, 1.54) is 0 Å². The quantitative estimate of drug-likeness (QED) is 0.0938. The van der Waals surface area contributed by atoms with Crippen LogP contribution in [0.1, 0.15) is 86.9 Å². The SMILES string of the molecule is CCN(CC)[C@@H](C(=O)N1CCC[C@H]1c1ncc(-c2ccc(-c3ccc(-c4cnc([C@@H]5CCCN5C(=O)C[C@@H](Cc5ccccc5)OC(N)=O)[nH]4)cc3)cc2)[nH]1)c1ccccc1. The van der Waals surface area contributed by atoms with Crippen LogP contribution in [0.3, 0.4) is 0 Å². The minimum absolute atomic E-state index is 0.0436. The number of amides is 3. The topological polar surface area (TPSA) is 154 Å². The standard InChI is InChI=1S/C49H54N8O4/c1-3-55(4-2)45(38-15-9-6-10-16-38)48(59)57-28-12-18-43(57)47-52-32-41(54-47)37-25-21-35(22-26-37)34-19-23-36(24-20-34)40-31-51-46(53-40)42-17-11-27-56(42)44(58)30-39(61-49(50)60)29-33-13-7-5-8-14-33/h5-10,13-16,19-26,31-32,39,42-43,45H,3-4,11-12,17-18,27-30H2,1-2H3,(H2,50,60)(H,51,53)(H,52,54)/t39-,42+,43+,45-/m1/s1. The van der Waals surface area contributed by atoms with Crippen molar-refractivity contribution in [1.82, 2.24) is 34.6 Å². The number of carbonyl (C=O) groups excluding carboxylic acids is 3. The Labute approximate surface area is 357 Å². The van der Waals surface area contributed by atoms with Crippen molar-refractivity contribution in [3.05, 3.63) is 144 Å². The highest BCUT2D eigenvalue weighted by Crippen LogP contribution is 2.37. The molecule has 2 aliphatic rings. The molecule has 0 aliphatic carbocycles. The lowest BCUT2D eigenvalue weighted by Gasteiger charge is -2.34. The third-order valence-electron chi connectivity index (χ3n) is 12.2. The summed E-state index contributed by atoms with van der Waals surface area (Å²) in [6.07, 6.45) is 6.06. The van der Waals surface area contributed by atoms with Crippen molar-refractivity contribution >= 4 is 17.9 Å². The molecule has 12 nitrogen and oxygen atoms in total. The highest BCUT2D eigenvalue weighted by molar-refractivity contribution is 5.84. The van der Waals surface area contributed by atoms with E-state index in [1.807, 2.05) is 70.7 Å². The third kappa shape index (κ3) is 9.29. The summed E-state index contributed by atoms with van der Waals surface area (Å²) in [4.78, 5) is 62.1. The number of likely N-dealkylation sites (N-methyl/N-ethyl adjacent to an activating group) is 1. The van der Waals surface area contributed by atoms with Gasteiger partial charge in [-0.15, -0.1) is 0 Å². The van der Waals surface area contributed by atoms with Crippen LogP contribution >= 0.6 is 0 Å². The normalized spacial score (nSPS) is 17.4. The molecule has 6 aromatic rings. The van der Waals surface area contributed by atoms with Gasteiger partial charge in [-0.25, -0.2) is 14.8 Å². The number of nitrogens with one attached hydrogen (secondary N) is 2. The Morgan fingerprint density at radius 2 is 1.20 bits per heavy atom. The van der Waals surface area contributed by atoms with Crippen LogP contribution in [0.4, 0.5) is 4.79 Å². The fourth-order valence-corrected chi connectivity index (χ4v) is 9.05. The predicted molar refractivity (Wildman–Crippen MR) is 236 cm³/mol. The van der Waals surface area contributed by atoms with Crippen molar-refractivity contribution in [2.24, 2.45) is 5.73 Å². The van der Waals surface area contributed by atoms with E-state index in [-0.39, 0.29) is 36.4 Å². The Morgan fingerprint density at radius 3 is 1.72 bits per heavy atom. The molecule has 314 valence electrons. The van der Waals surface area contributed by atoms with Crippen LogP contribution in [-0.2, 0) is 20.7 Å². The van der Waals surface area contributed by atoms with Crippen LogP contribution in [0.2, 0.25) is 0 Å². The molecule has 2 fully saturated rings. The minimum atomic E-state index is -0.889. The van der Waals surface area contributed by atoms with E-state index in [0.717, 1.165) is 95.2 Å². The fourth-order valence-electron chi connectivity index (χ4n) is 9.05. The van der Waals surface area contributed by atoms with Crippen LogP contribution in [0.25, 0.3) is 33.6 Å². The number of hydrogen-bond acceptors (Lipinski definition) is 7. The molecule has 4 atom stereocenters. The van der Waals surface area contributed by atoms with Gasteiger partial charge in [0.25, 0.3) is 0 Å². The van der Waals surface area contributed by atoms with E-state index in [2.05, 4.69) is 89.4 Å². The summed E-state index contributed by atoms with van der Waals surface area (Å²) in [6, 6.07) is 35.9. The number of hydrogen-bond donors (Lipinski definition) is 3. The smallest absolute Gasteiger partial charge is 0.404 e. The lowest BCUT2D eigenvalue weighted by molar-refractivity contribution is -0.138. The molecule has 0 spiro atoms. The van der Waals surface area contributed by atoms with Crippen molar-refractivity contribution in [3.63, 3.8) is 0 Å². The van der Waals surface area contributed by atoms with Gasteiger partial charge in [0.1, 0.15) is 23.8 Å². The summed E-state index contributed by atoms with van der Waals surface area (Å²) in [6.45, 7) is 7.12. The number of ether oxygens (including phenoxy) is 1. The molecule has 0 saturated carbocycles. The molecular formula is C49H54N8O4. The number of H-pyrrole nitrogens is 2. The number of nitrogens with zero attached hydrogens (tertiary/aromatic N) is 5. The maximum atomic E-state index is 14.2. The zero-order valence-electron chi connectivity index (χ0n) is 34.9. The number of likely N-dealkylation sites (tertiary alicyclic amines) is 2. The van der Waals surface area contributed by atoms with Crippen molar-refractivity contribution < 1.29 is 19.1 Å². The molecule has 3 amide bonds. The molecule has 0 bridgehead atoms. The number of aromatic nitrogens is 4. The second-order valence-corrected chi connectivity index (χ2v) is 15.9. The first-order valence-electron chi connectivity index (χ1n) is 21.5. The Morgan fingerprint density at radius 1 is 0.705 bits per heavy atom. The van der Waals surface area contributed by atoms with Crippen molar-refractivity contribution in [3.8, 4) is 33.6 Å². The van der Waals surface area contributed by atoms with Gasteiger partial charge < -0.3 is 30.2 Å². The van der Waals surface area contributed by atoms with E-state index in [0.29, 0.717) is 19.5 Å². The average Bonchev–Trinajstić information content (AvgIpc) is 4.13. The van der Waals surface area contributed by atoms with Gasteiger partial charge in [0, 0.05) is 19.5 Å². The zero-order chi connectivity index (χ0) is 42.3. The molecule has 2 saturated heterocycles. The number of aromatic amines is 2. The van der Waals surface area contributed by atoms with E-state index in [9.17, 15) is 14.4 Å². The Bertz CT molecular complexity index is 2390. The van der Waals surface area contributed by atoms with Gasteiger partial charge in [-0.1, -0.05) is 123 Å². The second kappa shape index (κ2) is 18.8. The first-order chi connectivity index (χ1) is 29.8. The number of imidazole rings is 2. The number of benzene rings is 4. The monoisotopic (exact) mass is 818 g/mol. The van der Waals surface area contributed by atoms with E-state index in [4.69, 9.17) is 20.4 Å². The highest BCUT2D eigenvalue weighted by Gasteiger charge is 2.38. The maximum absolute atomic E-state index is 14.2.